The second-order valence-corrected chi connectivity index (χ2v) is 6.37. The minimum absolute atomic E-state index is 0.773. The van der Waals surface area contributed by atoms with Crippen LogP contribution < -0.4 is 0 Å². The normalized spacial score (nSPS) is 18.4. The van der Waals surface area contributed by atoms with E-state index in [9.17, 15) is 0 Å². The van der Waals surface area contributed by atoms with Gasteiger partial charge in [0.1, 0.15) is 0 Å². The van der Waals surface area contributed by atoms with E-state index >= 15 is 0 Å². The molecule has 92 valence electrons. The quantitative estimate of drug-likeness (QED) is 0.626. The van der Waals surface area contributed by atoms with E-state index in [1.54, 1.807) is 0 Å². The van der Waals surface area contributed by atoms with Gasteiger partial charge >= 0.3 is 0 Å². The number of hydrogen-bond donors (Lipinski definition) is 0. The summed E-state index contributed by atoms with van der Waals surface area (Å²) < 4.78 is 0. The summed E-state index contributed by atoms with van der Waals surface area (Å²) in [5.41, 5.74) is 1.33. The predicted octanol–water partition coefficient (Wildman–Crippen LogP) is 5.90. The monoisotopic (exact) mass is 310 g/mol. The Morgan fingerprint density at radius 3 is 2.41 bits per heavy atom. The number of rotatable bonds is 3. The van der Waals surface area contributed by atoms with E-state index < -0.39 is 0 Å². The molecule has 0 aromatic heterocycles. The van der Waals surface area contributed by atoms with Crippen LogP contribution in [0.25, 0.3) is 0 Å². The van der Waals surface area contributed by atoms with E-state index in [1.165, 1.54) is 47.5 Å². The van der Waals surface area contributed by atoms with E-state index in [-0.39, 0.29) is 0 Å². The molecule has 1 aliphatic carbocycles. The highest BCUT2D eigenvalue weighted by molar-refractivity contribution is 9.11. The van der Waals surface area contributed by atoms with Crippen molar-refractivity contribution in [2.45, 2.75) is 43.9 Å². The van der Waals surface area contributed by atoms with Gasteiger partial charge in [-0.15, -0.1) is 0 Å². The zero-order valence-electron chi connectivity index (χ0n) is 10.3. The van der Waals surface area contributed by atoms with Crippen molar-refractivity contribution in [2.24, 2.45) is 5.92 Å². The summed E-state index contributed by atoms with van der Waals surface area (Å²) in [4.78, 5) is 4.98. The topological polar surface area (TPSA) is 0 Å². The first-order valence-electron chi connectivity index (χ1n) is 6.34. The second kappa shape index (κ2) is 6.65. The highest BCUT2D eigenvalue weighted by atomic mass is 79.9. The number of allylic oxidation sites excluding steroid dienone is 1. The van der Waals surface area contributed by atoms with Gasteiger partial charge in [0.05, 0.1) is 0 Å². The molecule has 0 bridgehead atoms. The SMILES string of the molecule is Cc1ccc(S/C(=C\Br)C2CCCCC2)cc1. The molecule has 0 amide bonds. The third-order valence-electron chi connectivity index (χ3n) is 3.37. The molecule has 0 aliphatic heterocycles. The molecule has 0 radical (unpaired) electrons. The van der Waals surface area contributed by atoms with Gasteiger partial charge in [-0.25, -0.2) is 0 Å². The van der Waals surface area contributed by atoms with E-state index in [2.05, 4.69) is 52.1 Å². The molecule has 2 rings (SSSR count). The van der Waals surface area contributed by atoms with Gasteiger partial charge in [-0.2, -0.15) is 0 Å². The first-order chi connectivity index (χ1) is 8.29. The van der Waals surface area contributed by atoms with Crippen molar-refractivity contribution < 1.29 is 0 Å². The molecule has 1 saturated carbocycles. The highest BCUT2D eigenvalue weighted by Gasteiger charge is 2.18. The molecule has 0 saturated heterocycles. The summed E-state index contributed by atoms with van der Waals surface area (Å²) in [5, 5.41) is 0. The van der Waals surface area contributed by atoms with Crippen LogP contribution in [0.15, 0.2) is 39.1 Å². The van der Waals surface area contributed by atoms with Crippen molar-refractivity contribution in [3.63, 3.8) is 0 Å². The van der Waals surface area contributed by atoms with E-state index in [0.29, 0.717) is 0 Å². The van der Waals surface area contributed by atoms with Crippen LogP contribution in [0.2, 0.25) is 0 Å². The maximum Gasteiger partial charge on any atom is 0.0119 e. The lowest BCUT2D eigenvalue weighted by atomic mass is 9.89. The fourth-order valence-corrected chi connectivity index (χ4v) is 3.97. The van der Waals surface area contributed by atoms with E-state index in [0.717, 1.165) is 5.92 Å². The van der Waals surface area contributed by atoms with Crippen LogP contribution in [-0.4, -0.2) is 0 Å². The number of hydrogen-bond acceptors (Lipinski definition) is 1. The third kappa shape index (κ3) is 3.89. The molecule has 0 spiro atoms. The van der Waals surface area contributed by atoms with Crippen molar-refractivity contribution >= 4 is 27.7 Å². The van der Waals surface area contributed by atoms with Gasteiger partial charge in [0.2, 0.25) is 0 Å². The summed E-state index contributed by atoms with van der Waals surface area (Å²) in [6.45, 7) is 2.14. The molecule has 1 aromatic carbocycles. The van der Waals surface area contributed by atoms with Crippen LogP contribution in [-0.2, 0) is 0 Å². The first kappa shape index (κ1) is 13.2. The van der Waals surface area contributed by atoms with E-state index in [1.807, 2.05) is 11.8 Å². The van der Waals surface area contributed by atoms with Gasteiger partial charge in [0.25, 0.3) is 0 Å². The zero-order chi connectivity index (χ0) is 12.1. The first-order valence-corrected chi connectivity index (χ1v) is 8.07. The van der Waals surface area contributed by atoms with Gasteiger partial charge in [-0.3, -0.25) is 0 Å². The van der Waals surface area contributed by atoms with Crippen LogP contribution >= 0.6 is 27.7 Å². The predicted molar refractivity (Wildman–Crippen MR) is 80.6 cm³/mol. The lowest BCUT2D eigenvalue weighted by Crippen LogP contribution is -2.07. The molecule has 1 aliphatic rings. The molecule has 0 N–H and O–H groups in total. The minimum atomic E-state index is 0.773. The Labute approximate surface area is 117 Å². The van der Waals surface area contributed by atoms with Gasteiger partial charge in [0, 0.05) is 4.90 Å². The average molecular weight is 311 g/mol. The number of thioether (sulfide) groups is 1. The molecule has 17 heavy (non-hydrogen) atoms. The maximum atomic E-state index is 3.54. The van der Waals surface area contributed by atoms with Gasteiger partial charge < -0.3 is 0 Å². The smallest absolute Gasteiger partial charge is 0.0119 e. The van der Waals surface area contributed by atoms with Crippen molar-refractivity contribution in [3.8, 4) is 0 Å². The molecular formula is C15H19BrS. The van der Waals surface area contributed by atoms with Crippen molar-refractivity contribution in [1.82, 2.24) is 0 Å². The maximum absolute atomic E-state index is 3.54. The van der Waals surface area contributed by atoms with Crippen LogP contribution in [0, 0.1) is 12.8 Å². The molecule has 0 atom stereocenters. The summed E-state index contributed by atoms with van der Waals surface area (Å²) in [5.74, 6) is 0.773. The lowest BCUT2D eigenvalue weighted by molar-refractivity contribution is 0.415. The van der Waals surface area contributed by atoms with Gasteiger partial charge in [-0.05, 0) is 47.7 Å². The van der Waals surface area contributed by atoms with Gasteiger partial charge in [-0.1, -0.05) is 64.7 Å². The van der Waals surface area contributed by atoms with Crippen LogP contribution in [0.1, 0.15) is 37.7 Å². The fraction of sp³-hybridized carbons (Fsp3) is 0.467. The number of halogens is 1. The summed E-state index contributed by atoms with van der Waals surface area (Å²) in [6, 6.07) is 8.82. The Bertz CT molecular complexity index is 374. The molecule has 1 fully saturated rings. The van der Waals surface area contributed by atoms with Crippen LogP contribution in [0.4, 0.5) is 0 Å². The Kier molecular flexibility index (Phi) is 5.17. The van der Waals surface area contributed by atoms with Crippen LogP contribution in [0.5, 0.6) is 0 Å². The number of benzene rings is 1. The van der Waals surface area contributed by atoms with Gasteiger partial charge in [0.15, 0.2) is 0 Å². The van der Waals surface area contributed by atoms with Crippen molar-refractivity contribution in [3.05, 3.63) is 39.7 Å². The fourth-order valence-electron chi connectivity index (χ4n) is 2.32. The molecule has 0 nitrogen and oxygen atoms in total. The summed E-state index contributed by atoms with van der Waals surface area (Å²) >= 11 is 5.46. The molecule has 0 unspecified atom stereocenters. The Hall–Kier alpha value is -0.210. The van der Waals surface area contributed by atoms with E-state index in [4.69, 9.17) is 0 Å². The lowest BCUT2D eigenvalue weighted by Gasteiger charge is -2.23. The van der Waals surface area contributed by atoms with Crippen LogP contribution in [0.3, 0.4) is 0 Å². The zero-order valence-corrected chi connectivity index (χ0v) is 12.7. The standard InChI is InChI=1S/C15H19BrS/c1-12-7-9-14(10-8-12)17-15(11-16)13-5-3-2-4-6-13/h7-11,13H,2-6H2,1H3/b15-11-. The molecule has 0 heterocycles. The number of aryl methyl sites for hydroxylation is 1. The van der Waals surface area contributed by atoms with Crippen molar-refractivity contribution in [1.29, 1.82) is 0 Å². The third-order valence-corrected chi connectivity index (χ3v) is 5.36. The second-order valence-electron chi connectivity index (χ2n) is 4.76. The summed E-state index contributed by atoms with van der Waals surface area (Å²) in [6.07, 6.45) is 6.92. The Morgan fingerprint density at radius 1 is 1.18 bits per heavy atom. The van der Waals surface area contributed by atoms with Crippen molar-refractivity contribution in [2.75, 3.05) is 0 Å². The summed E-state index contributed by atoms with van der Waals surface area (Å²) in [7, 11) is 0. The molecule has 2 heteroatoms. The minimum Gasteiger partial charge on any atom is -0.0937 e. The Balaban J connectivity index is 2.02. The average Bonchev–Trinajstić information content (AvgIpc) is 2.39. The largest absolute Gasteiger partial charge is 0.0937 e. The molecular weight excluding hydrogens is 292 g/mol. The highest BCUT2D eigenvalue weighted by Crippen LogP contribution is 2.39. The molecule has 1 aromatic rings. The Morgan fingerprint density at radius 2 is 1.82 bits per heavy atom.